The number of halogens is 1. The summed E-state index contributed by atoms with van der Waals surface area (Å²) in [4.78, 5) is 10.9. The number of esters is 1. The Kier molecular flexibility index (Phi) is 3.72. The molecule has 0 saturated carbocycles. The monoisotopic (exact) mass is 210 g/mol. The lowest BCUT2D eigenvalue weighted by Gasteiger charge is -2.00. The molecule has 1 aromatic carbocycles. The van der Waals surface area contributed by atoms with Gasteiger partial charge in [-0.25, -0.2) is 4.79 Å². The van der Waals surface area contributed by atoms with E-state index >= 15 is 0 Å². The van der Waals surface area contributed by atoms with E-state index in [1.54, 1.807) is 0 Å². The van der Waals surface area contributed by atoms with Gasteiger partial charge in [0.25, 0.3) is 0 Å². The summed E-state index contributed by atoms with van der Waals surface area (Å²) in [5.74, 6) is -0.448. The summed E-state index contributed by atoms with van der Waals surface area (Å²) in [5.41, 5.74) is 1.91. The molecule has 74 valence electrons. The molecule has 1 aromatic rings. The molecular weight excluding hydrogens is 200 g/mol. The van der Waals surface area contributed by atoms with Crippen LogP contribution in [0.3, 0.4) is 0 Å². The molecule has 0 spiro atoms. The summed E-state index contributed by atoms with van der Waals surface area (Å²) in [6.07, 6.45) is 1.26. The van der Waals surface area contributed by atoms with Crippen LogP contribution in [-0.2, 0) is 9.53 Å². The van der Waals surface area contributed by atoms with Crippen LogP contribution in [0.25, 0.3) is 5.03 Å². The molecule has 0 aliphatic heterocycles. The van der Waals surface area contributed by atoms with Crippen LogP contribution in [0.4, 0.5) is 0 Å². The SMILES string of the molecule is COC(=O)C=C(Cl)c1cccc(C)c1. The lowest BCUT2D eigenvalue weighted by Crippen LogP contribution is -1.95. The Hall–Kier alpha value is -1.28. The molecule has 0 aliphatic rings. The molecule has 0 unspecified atom stereocenters. The quantitative estimate of drug-likeness (QED) is 0.554. The molecule has 0 amide bonds. The zero-order chi connectivity index (χ0) is 10.6. The molecule has 1 rings (SSSR count). The minimum Gasteiger partial charge on any atom is -0.466 e. The number of methoxy groups -OCH3 is 1. The van der Waals surface area contributed by atoms with Crippen LogP contribution in [0, 0.1) is 6.92 Å². The first-order chi connectivity index (χ1) is 6.63. The van der Waals surface area contributed by atoms with Crippen LogP contribution >= 0.6 is 11.6 Å². The second kappa shape index (κ2) is 4.82. The molecule has 0 N–H and O–H groups in total. The highest BCUT2D eigenvalue weighted by atomic mass is 35.5. The number of benzene rings is 1. The molecule has 3 heteroatoms. The Morgan fingerprint density at radius 3 is 2.79 bits per heavy atom. The van der Waals surface area contributed by atoms with Crippen molar-refractivity contribution < 1.29 is 9.53 Å². The van der Waals surface area contributed by atoms with E-state index in [9.17, 15) is 4.79 Å². The Morgan fingerprint density at radius 2 is 2.21 bits per heavy atom. The maximum Gasteiger partial charge on any atom is 0.331 e. The summed E-state index contributed by atoms with van der Waals surface area (Å²) in [6, 6.07) is 7.60. The number of carbonyl (C=O) groups is 1. The molecule has 0 bridgehead atoms. The van der Waals surface area contributed by atoms with Crippen molar-refractivity contribution in [1.29, 1.82) is 0 Å². The van der Waals surface area contributed by atoms with Gasteiger partial charge >= 0.3 is 5.97 Å². The van der Waals surface area contributed by atoms with Crippen LogP contribution in [0.15, 0.2) is 30.3 Å². The van der Waals surface area contributed by atoms with E-state index in [0.29, 0.717) is 5.03 Å². The first kappa shape index (κ1) is 10.8. The topological polar surface area (TPSA) is 26.3 Å². The second-order valence-corrected chi connectivity index (χ2v) is 3.29. The van der Waals surface area contributed by atoms with Crippen molar-refractivity contribution in [3.8, 4) is 0 Å². The van der Waals surface area contributed by atoms with Gasteiger partial charge in [-0.15, -0.1) is 0 Å². The third kappa shape index (κ3) is 2.89. The summed E-state index contributed by atoms with van der Waals surface area (Å²) in [7, 11) is 1.32. The molecule has 0 aromatic heterocycles. The number of aryl methyl sites for hydroxylation is 1. The molecule has 0 radical (unpaired) electrons. The van der Waals surface area contributed by atoms with E-state index in [1.807, 2.05) is 31.2 Å². The fourth-order valence-electron chi connectivity index (χ4n) is 1.04. The Morgan fingerprint density at radius 1 is 1.50 bits per heavy atom. The van der Waals surface area contributed by atoms with Crippen molar-refractivity contribution in [2.45, 2.75) is 6.92 Å². The third-order valence-corrected chi connectivity index (χ3v) is 2.07. The van der Waals surface area contributed by atoms with E-state index in [2.05, 4.69) is 4.74 Å². The van der Waals surface area contributed by atoms with Gasteiger partial charge in [-0.1, -0.05) is 41.4 Å². The Labute approximate surface area is 88.1 Å². The van der Waals surface area contributed by atoms with Gasteiger partial charge in [0.05, 0.1) is 12.1 Å². The van der Waals surface area contributed by atoms with Crippen molar-refractivity contribution in [3.05, 3.63) is 41.5 Å². The average Bonchev–Trinajstić information content (AvgIpc) is 2.17. The molecule has 0 aliphatic carbocycles. The molecule has 14 heavy (non-hydrogen) atoms. The molecular formula is C11H11ClO2. The van der Waals surface area contributed by atoms with E-state index in [-0.39, 0.29) is 0 Å². The summed E-state index contributed by atoms with van der Waals surface area (Å²) < 4.78 is 4.47. The summed E-state index contributed by atoms with van der Waals surface area (Å²) in [5, 5.41) is 0.389. The minimum atomic E-state index is -0.448. The molecule has 2 nitrogen and oxygen atoms in total. The van der Waals surface area contributed by atoms with Crippen LogP contribution in [-0.4, -0.2) is 13.1 Å². The molecule has 0 atom stereocenters. The molecule has 0 saturated heterocycles. The van der Waals surface area contributed by atoms with Gasteiger partial charge in [0.2, 0.25) is 0 Å². The highest BCUT2D eigenvalue weighted by Gasteiger charge is 2.01. The van der Waals surface area contributed by atoms with Crippen molar-refractivity contribution in [2.24, 2.45) is 0 Å². The van der Waals surface area contributed by atoms with E-state index < -0.39 is 5.97 Å². The van der Waals surface area contributed by atoms with Crippen LogP contribution in [0.5, 0.6) is 0 Å². The first-order valence-corrected chi connectivity index (χ1v) is 4.53. The zero-order valence-corrected chi connectivity index (χ0v) is 8.84. The third-order valence-electron chi connectivity index (χ3n) is 1.74. The smallest absolute Gasteiger partial charge is 0.331 e. The second-order valence-electron chi connectivity index (χ2n) is 2.88. The van der Waals surface area contributed by atoms with Gasteiger partial charge in [0.1, 0.15) is 0 Å². The van der Waals surface area contributed by atoms with Gasteiger partial charge in [-0.3, -0.25) is 0 Å². The molecule has 0 fully saturated rings. The lowest BCUT2D eigenvalue weighted by atomic mass is 10.1. The number of ether oxygens (including phenoxy) is 1. The zero-order valence-electron chi connectivity index (χ0n) is 8.08. The summed E-state index contributed by atoms with van der Waals surface area (Å²) in [6.45, 7) is 1.96. The van der Waals surface area contributed by atoms with Crippen LogP contribution in [0.2, 0.25) is 0 Å². The predicted molar refractivity (Wildman–Crippen MR) is 57.0 cm³/mol. The predicted octanol–water partition coefficient (Wildman–Crippen LogP) is 2.75. The van der Waals surface area contributed by atoms with Crippen molar-refractivity contribution >= 4 is 22.6 Å². The van der Waals surface area contributed by atoms with Gasteiger partial charge in [-0.2, -0.15) is 0 Å². The standard InChI is InChI=1S/C11H11ClO2/c1-8-4-3-5-9(6-8)10(12)7-11(13)14-2/h3-7H,1-2H3. The van der Waals surface area contributed by atoms with Gasteiger partial charge in [0, 0.05) is 6.08 Å². The minimum absolute atomic E-state index is 0.389. The normalized spacial score (nSPS) is 11.2. The van der Waals surface area contributed by atoms with Gasteiger partial charge in [0.15, 0.2) is 0 Å². The fraction of sp³-hybridized carbons (Fsp3) is 0.182. The maximum absolute atomic E-state index is 10.9. The Balaban J connectivity index is 2.94. The number of hydrogen-bond acceptors (Lipinski definition) is 2. The lowest BCUT2D eigenvalue weighted by molar-refractivity contribution is -0.134. The van der Waals surface area contributed by atoms with E-state index in [0.717, 1.165) is 11.1 Å². The number of carbonyl (C=O) groups excluding carboxylic acids is 1. The van der Waals surface area contributed by atoms with Gasteiger partial charge < -0.3 is 4.74 Å². The average molecular weight is 211 g/mol. The van der Waals surface area contributed by atoms with Crippen LogP contribution < -0.4 is 0 Å². The van der Waals surface area contributed by atoms with Gasteiger partial charge in [-0.05, 0) is 12.5 Å². The van der Waals surface area contributed by atoms with Crippen molar-refractivity contribution in [1.82, 2.24) is 0 Å². The first-order valence-electron chi connectivity index (χ1n) is 4.15. The number of hydrogen-bond donors (Lipinski definition) is 0. The van der Waals surface area contributed by atoms with Crippen molar-refractivity contribution in [2.75, 3.05) is 7.11 Å². The van der Waals surface area contributed by atoms with Crippen molar-refractivity contribution in [3.63, 3.8) is 0 Å². The largest absolute Gasteiger partial charge is 0.466 e. The number of rotatable bonds is 2. The maximum atomic E-state index is 10.9. The highest BCUT2D eigenvalue weighted by molar-refractivity contribution is 6.50. The molecule has 0 heterocycles. The van der Waals surface area contributed by atoms with E-state index in [1.165, 1.54) is 13.2 Å². The van der Waals surface area contributed by atoms with Crippen LogP contribution in [0.1, 0.15) is 11.1 Å². The Bertz CT molecular complexity index is 369. The van der Waals surface area contributed by atoms with E-state index in [4.69, 9.17) is 11.6 Å². The summed E-state index contributed by atoms with van der Waals surface area (Å²) >= 11 is 5.91. The fourth-order valence-corrected chi connectivity index (χ4v) is 1.25. The highest BCUT2D eigenvalue weighted by Crippen LogP contribution is 2.19.